The average molecular weight is 867 g/mol. The molecule has 1 aromatic heterocycles. The van der Waals surface area contributed by atoms with Crippen LogP contribution >= 0.6 is 11.6 Å². The molecule has 61 heavy (non-hydrogen) atoms. The van der Waals surface area contributed by atoms with Gasteiger partial charge in [0.05, 0.1) is 28.3 Å². The number of para-hydroxylation sites is 1. The van der Waals surface area contributed by atoms with Crippen molar-refractivity contribution in [3.05, 3.63) is 130 Å². The van der Waals surface area contributed by atoms with Crippen molar-refractivity contribution in [1.82, 2.24) is 4.90 Å². The molecule has 12 heteroatoms. The number of imide groups is 1. The van der Waals surface area contributed by atoms with Crippen molar-refractivity contribution in [3.8, 4) is 0 Å². The molecule has 3 aliphatic heterocycles. The van der Waals surface area contributed by atoms with E-state index in [9.17, 15) is 27.4 Å². The summed E-state index contributed by atoms with van der Waals surface area (Å²) in [4.78, 5) is 44.8. The van der Waals surface area contributed by atoms with E-state index in [0.717, 1.165) is 89.4 Å². The highest BCUT2D eigenvalue weighted by Crippen LogP contribution is 2.48. The summed E-state index contributed by atoms with van der Waals surface area (Å²) in [7, 11) is -4.11. The van der Waals surface area contributed by atoms with Gasteiger partial charge in [0, 0.05) is 54.9 Å². The predicted octanol–water partition coefficient (Wildman–Crippen LogP) is 9.38. The van der Waals surface area contributed by atoms with Crippen LogP contribution in [0.3, 0.4) is 0 Å². The standard InChI is InChI=1S/C49H57ClN4O6S/c1-6-7-28-52-34-38(50)33-41-47(52)51-43(48(41,2)3)24-22-36(23-25-44-49(4,5)40-20-10-11-21-42(40)53(44)30-14-31-61(58,59)60)37-17-12-16-35(32-37)15-8-9-18-39(55)19-13-29-54-45(56)26-27-46(54)57/h10-12,16-17,20-27,32-34H,6-9,13-15,18-19,28-31H2,1-5H3/p+1. The first kappa shape index (κ1) is 45.6. The van der Waals surface area contributed by atoms with E-state index in [1.165, 1.54) is 17.1 Å². The Labute approximate surface area is 366 Å². The molecule has 0 radical (unpaired) electrons. The molecule has 0 unspecified atom stereocenters. The largest absolute Gasteiger partial charge is 0.344 e. The van der Waals surface area contributed by atoms with Gasteiger partial charge in [0.15, 0.2) is 5.71 Å². The lowest BCUT2D eigenvalue weighted by Crippen LogP contribution is -2.35. The number of halogens is 1. The van der Waals surface area contributed by atoms with Crippen LogP contribution in [0.5, 0.6) is 0 Å². The SMILES string of the molecule is CCCC[n+]1cc(Cl)cc2c1N=C(/C=C/C(=C/C=C1/N(CCCS(=O)(=O)O)c3ccccc3C1(C)C)c1cccc(CCCCC(=O)CCCN3C(=O)C=CC3=O)c1)C2(C)C. The van der Waals surface area contributed by atoms with Gasteiger partial charge in [-0.25, -0.2) is 4.57 Å². The van der Waals surface area contributed by atoms with Gasteiger partial charge in [-0.15, -0.1) is 0 Å². The van der Waals surface area contributed by atoms with Gasteiger partial charge in [-0.05, 0) is 104 Å². The minimum Gasteiger partial charge on any atom is -0.344 e. The van der Waals surface area contributed by atoms with Crippen LogP contribution in [0, 0.1) is 0 Å². The minimum atomic E-state index is -4.11. The number of hydrogen-bond donors (Lipinski definition) is 1. The Hall–Kier alpha value is -4.97. The zero-order chi connectivity index (χ0) is 44.0. The highest BCUT2D eigenvalue weighted by Gasteiger charge is 2.43. The molecular weight excluding hydrogens is 808 g/mol. The number of aliphatic imine (C=N–C) groups is 1. The number of ketones is 1. The molecule has 6 rings (SSSR count). The number of anilines is 1. The first-order chi connectivity index (χ1) is 29.0. The van der Waals surface area contributed by atoms with Crippen molar-refractivity contribution in [3.63, 3.8) is 0 Å². The monoisotopic (exact) mass is 865 g/mol. The van der Waals surface area contributed by atoms with E-state index < -0.39 is 15.5 Å². The smallest absolute Gasteiger partial charge is 0.327 e. The quantitative estimate of drug-likeness (QED) is 0.0394. The van der Waals surface area contributed by atoms with Crippen LogP contribution < -0.4 is 9.47 Å². The second kappa shape index (κ2) is 19.4. The van der Waals surface area contributed by atoms with Crippen LogP contribution in [0.4, 0.5) is 11.5 Å². The van der Waals surface area contributed by atoms with Crippen molar-refractivity contribution in [1.29, 1.82) is 0 Å². The molecule has 322 valence electrons. The van der Waals surface area contributed by atoms with Gasteiger partial charge in [-0.2, -0.15) is 8.42 Å². The van der Waals surface area contributed by atoms with Crippen LogP contribution in [0.15, 0.2) is 108 Å². The van der Waals surface area contributed by atoms with Crippen molar-refractivity contribution in [2.24, 2.45) is 4.99 Å². The molecule has 2 aromatic carbocycles. The fourth-order valence-corrected chi connectivity index (χ4v) is 9.19. The molecule has 4 heterocycles. The average Bonchev–Trinajstić information content (AvgIpc) is 3.75. The van der Waals surface area contributed by atoms with Gasteiger partial charge in [-0.1, -0.05) is 93.4 Å². The topological polar surface area (TPSA) is 128 Å². The van der Waals surface area contributed by atoms with Crippen LogP contribution in [0.2, 0.25) is 5.02 Å². The van der Waals surface area contributed by atoms with Gasteiger partial charge >= 0.3 is 5.82 Å². The summed E-state index contributed by atoms with van der Waals surface area (Å²) >= 11 is 6.65. The van der Waals surface area contributed by atoms with Crippen molar-refractivity contribution in [2.75, 3.05) is 23.7 Å². The number of carbonyl (C=O) groups excluding carboxylic acids is 3. The zero-order valence-electron chi connectivity index (χ0n) is 36.0. The number of unbranched alkanes of at least 4 members (excludes halogenated alkanes) is 2. The molecule has 10 nitrogen and oxygen atoms in total. The molecule has 3 aromatic rings. The fourth-order valence-electron chi connectivity index (χ4n) is 8.47. The third-order valence-corrected chi connectivity index (χ3v) is 13.0. The highest BCUT2D eigenvalue weighted by molar-refractivity contribution is 7.85. The summed E-state index contributed by atoms with van der Waals surface area (Å²) in [5.41, 5.74) is 7.53. The Balaban J connectivity index is 1.27. The van der Waals surface area contributed by atoms with E-state index >= 15 is 0 Å². The number of rotatable bonds is 20. The normalized spacial score (nSPS) is 17.5. The maximum atomic E-state index is 12.7. The number of carbonyl (C=O) groups is 3. The van der Waals surface area contributed by atoms with E-state index in [1.54, 1.807) is 0 Å². The van der Waals surface area contributed by atoms with Crippen molar-refractivity contribution >= 4 is 62.1 Å². The molecular formula is C49H58ClN4O6S+. The lowest BCUT2D eigenvalue weighted by Gasteiger charge is -2.27. The molecule has 2 amide bonds. The summed E-state index contributed by atoms with van der Waals surface area (Å²) in [6.45, 7) is 12.4. The number of benzene rings is 2. The van der Waals surface area contributed by atoms with Crippen molar-refractivity contribution < 1.29 is 31.9 Å². The first-order valence-electron chi connectivity index (χ1n) is 21.4. The number of hydrogen-bond acceptors (Lipinski definition) is 7. The molecule has 0 saturated carbocycles. The first-order valence-corrected chi connectivity index (χ1v) is 23.4. The number of Topliss-reactive ketones (excluding diaryl/α,β-unsaturated/α-hetero) is 1. The number of aryl methyl sites for hydroxylation is 2. The van der Waals surface area contributed by atoms with Crippen LogP contribution in [-0.2, 0) is 48.3 Å². The summed E-state index contributed by atoms with van der Waals surface area (Å²) in [6, 6.07) is 18.7. The molecule has 0 atom stereocenters. The molecule has 0 fully saturated rings. The number of fused-ring (bicyclic) bond motifs is 2. The number of aromatic nitrogens is 1. The molecule has 1 N–H and O–H groups in total. The Morgan fingerprint density at radius 3 is 2.33 bits per heavy atom. The maximum absolute atomic E-state index is 12.7. The third-order valence-electron chi connectivity index (χ3n) is 12.0. The van der Waals surface area contributed by atoms with E-state index in [2.05, 4.69) is 105 Å². The van der Waals surface area contributed by atoms with Gasteiger partial charge in [0.1, 0.15) is 12.0 Å². The van der Waals surface area contributed by atoms with Crippen LogP contribution in [0.1, 0.15) is 108 Å². The summed E-state index contributed by atoms with van der Waals surface area (Å²) < 4.78 is 35.1. The number of amides is 2. The number of allylic oxidation sites excluding steroid dienone is 6. The van der Waals surface area contributed by atoms with Crippen molar-refractivity contribution in [2.45, 2.75) is 110 Å². The maximum Gasteiger partial charge on any atom is 0.327 e. The molecule has 0 bridgehead atoms. The fraction of sp³-hybridized carbons (Fsp3) is 0.408. The Bertz CT molecular complexity index is 2430. The Kier molecular flexibility index (Phi) is 14.5. The summed E-state index contributed by atoms with van der Waals surface area (Å²) in [5, 5.41) is 0.684. The zero-order valence-corrected chi connectivity index (χ0v) is 37.6. The van der Waals surface area contributed by atoms with Gasteiger partial charge < -0.3 is 4.90 Å². The molecule has 0 aliphatic carbocycles. The Morgan fingerprint density at radius 2 is 1.59 bits per heavy atom. The van der Waals surface area contributed by atoms with E-state index in [1.807, 2.05) is 24.4 Å². The minimum absolute atomic E-state index is 0.131. The Morgan fingerprint density at radius 1 is 0.869 bits per heavy atom. The second-order valence-corrected chi connectivity index (χ2v) is 19.2. The summed E-state index contributed by atoms with van der Waals surface area (Å²) in [6.07, 6.45) is 18.9. The predicted molar refractivity (Wildman–Crippen MR) is 244 cm³/mol. The lowest BCUT2D eigenvalue weighted by molar-refractivity contribution is -0.684. The van der Waals surface area contributed by atoms with E-state index in [0.29, 0.717) is 30.8 Å². The van der Waals surface area contributed by atoms with Crippen LogP contribution in [-0.4, -0.2) is 60.0 Å². The van der Waals surface area contributed by atoms with Gasteiger partial charge in [0.2, 0.25) is 0 Å². The van der Waals surface area contributed by atoms with Crippen LogP contribution in [0.25, 0.3) is 5.57 Å². The number of nitrogens with zero attached hydrogens (tertiary/aromatic N) is 4. The molecule has 3 aliphatic rings. The number of pyridine rings is 1. The lowest BCUT2D eigenvalue weighted by atomic mass is 9.81. The molecule has 0 spiro atoms. The second-order valence-electron chi connectivity index (χ2n) is 17.2. The van der Waals surface area contributed by atoms with E-state index in [-0.39, 0.29) is 41.7 Å². The van der Waals surface area contributed by atoms with E-state index in [4.69, 9.17) is 16.6 Å². The van der Waals surface area contributed by atoms with Gasteiger partial charge in [0.25, 0.3) is 21.9 Å². The third kappa shape index (κ3) is 10.9. The summed E-state index contributed by atoms with van der Waals surface area (Å²) in [5.74, 6) is 0.0869. The highest BCUT2D eigenvalue weighted by atomic mass is 35.5. The van der Waals surface area contributed by atoms with Gasteiger partial charge in [-0.3, -0.25) is 23.8 Å². The molecule has 0 saturated heterocycles.